The van der Waals surface area contributed by atoms with Crippen molar-refractivity contribution in [3.8, 4) is 0 Å². The molecule has 8 nitrogen and oxygen atoms in total. The number of H-pyrrole nitrogens is 1. The number of anilines is 1. The first-order chi connectivity index (χ1) is 12.2. The fourth-order valence-corrected chi connectivity index (χ4v) is 3.34. The molecule has 4 rings (SSSR count). The number of aromatic nitrogens is 2. The van der Waals surface area contributed by atoms with Crippen molar-refractivity contribution < 1.29 is 14.4 Å². The predicted octanol–water partition coefficient (Wildman–Crippen LogP) is 1.09. The standard InChI is InChI=1S/C17H17N5O3/c23-15(13-7-8-18-19-13)20-9-4-10-21-14(11-20)16(24)22(17(21)25)12-5-2-1-3-6-12/h1-3,5-8,14H,4,9-11H2,(H,18,19). The van der Waals surface area contributed by atoms with Crippen molar-refractivity contribution in [2.45, 2.75) is 12.5 Å². The van der Waals surface area contributed by atoms with Crippen LogP contribution in [0.4, 0.5) is 10.5 Å². The number of hydrogen-bond donors (Lipinski definition) is 1. The zero-order valence-electron chi connectivity index (χ0n) is 13.5. The molecule has 1 N–H and O–H groups in total. The molecule has 0 radical (unpaired) electrons. The molecule has 1 unspecified atom stereocenters. The number of amides is 4. The van der Waals surface area contributed by atoms with Gasteiger partial charge in [-0.2, -0.15) is 5.10 Å². The van der Waals surface area contributed by atoms with Crippen LogP contribution in [0.1, 0.15) is 16.9 Å². The molecule has 2 fully saturated rings. The minimum atomic E-state index is -0.651. The van der Waals surface area contributed by atoms with E-state index in [2.05, 4.69) is 10.2 Å². The Morgan fingerprint density at radius 1 is 1.12 bits per heavy atom. The van der Waals surface area contributed by atoms with Crippen LogP contribution in [0.3, 0.4) is 0 Å². The molecule has 4 amide bonds. The number of carbonyl (C=O) groups excluding carboxylic acids is 3. The maximum absolute atomic E-state index is 12.9. The summed E-state index contributed by atoms with van der Waals surface area (Å²) < 4.78 is 0. The number of aromatic amines is 1. The summed E-state index contributed by atoms with van der Waals surface area (Å²) in [6.45, 7) is 1.13. The highest BCUT2D eigenvalue weighted by molar-refractivity contribution is 6.21. The lowest BCUT2D eigenvalue weighted by atomic mass is 10.2. The number of hydrogen-bond acceptors (Lipinski definition) is 4. The zero-order chi connectivity index (χ0) is 17.4. The normalized spacial score (nSPS) is 20.6. The Hall–Kier alpha value is -3.16. The van der Waals surface area contributed by atoms with E-state index >= 15 is 0 Å². The quantitative estimate of drug-likeness (QED) is 0.830. The number of carbonyl (C=O) groups is 3. The van der Waals surface area contributed by atoms with Crippen LogP contribution < -0.4 is 4.90 Å². The molecule has 25 heavy (non-hydrogen) atoms. The predicted molar refractivity (Wildman–Crippen MR) is 88.9 cm³/mol. The van der Waals surface area contributed by atoms with E-state index in [0.717, 1.165) is 0 Å². The molecule has 3 heterocycles. The molecule has 128 valence electrons. The van der Waals surface area contributed by atoms with Gasteiger partial charge >= 0.3 is 6.03 Å². The van der Waals surface area contributed by atoms with Gasteiger partial charge in [0.2, 0.25) is 0 Å². The van der Waals surface area contributed by atoms with Gasteiger partial charge in [0.05, 0.1) is 12.2 Å². The largest absolute Gasteiger partial charge is 0.335 e. The van der Waals surface area contributed by atoms with Crippen molar-refractivity contribution in [2.75, 3.05) is 24.5 Å². The topological polar surface area (TPSA) is 89.6 Å². The van der Waals surface area contributed by atoms with Gasteiger partial charge in [0.15, 0.2) is 0 Å². The second-order valence-electron chi connectivity index (χ2n) is 6.08. The van der Waals surface area contributed by atoms with Gasteiger partial charge in [-0.15, -0.1) is 0 Å². The van der Waals surface area contributed by atoms with Crippen LogP contribution in [0, 0.1) is 0 Å². The molecule has 2 aromatic rings. The molecule has 1 aromatic carbocycles. The van der Waals surface area contributed by atoms with E-state index < -0.39 is 6.04 Å². The lowest BCUT2D eigenvalue weighted by molar-refractivity contribution is -0.119. The van der Waals surface area contributed by atoms with Crippen molar-refractivity contribution in [3.63, 3.8) is 0 Å². The van der Waals surface area contributed by atoms with Crippen LogP contribution in [-0.4, -0.2) is 63.5 Å². The van der Waals surface area contributed by atoms with Crippen molar-refractivity contribution in [3.05, 3.63) is 48.3 Å². The number of imide groups is 1. The van der Waals surface area contributed by atoms with Crippen LogP contribution in [-0.2, 0) is 4.79 Å². The second kappa shape index (κ2) is 6.04. The third kappa shape index (κ3) is 2.55. The van der Waals surface area contributed by atoms with E-state index in [4.69, 9.17) is 0 Å². The number of rotatable bonds is 2. The molecule has 8 heteroatoms. The number of nitrogens with one attached hydrogen (secondary N) is 1. The van der Waals surface area contributed by atoms with Crippen molar-refractivity contribution in [1.29, 1.82) is 0 Å². The van der Waals surface area contributed by atoms with Crippen molar-refractivity contribution in [1.82, 2.24) is 20.0 Å². The van der Waals surface area contributed by atoms with Gasteiger partial charge in [-0.1, -0.05) is 18.2 Å². The maximum atomic E-state index is 12.9. The lowest BCUT2D eigenvalue weighted by Gasteiger charge is -2.23. The van der Waals surface area contributed by atoms with E-state index in [-0.39, 0.29) is 24.4 Å². The van der Waals surface area contributed by atoms with Gasteiger partial charge in [-0.05, 0) is 24.6 Å². The number of nitrogens with zero attached hydrogens (tertiary/aromatic N) is 4. The summed E-state index contributed by atoms with van der Waals surface area (Å²) in [5.41, 5.74) is 0.933. The minimum Gasteiger partial charge on any atom is -0.335 e. The number of para-hydroxylation sites is 1. The van der Waals surface area contributed by atoms with Gasteiger partial charge in [0.25, 0.3) is 11.8 Å². The highest BCUT2D eigenvalue weighted by atomic mass is 16.2. The fraction of sp³-hybridized carbons (Fsp3) is 0.294. The summed E-state index contributed by atoms with van der Waals surface area (Å²) >= 11 is 0. The summed E-state index contributed by atoms with van der Waals surface area (Å²) in [5.74, 6) is -0.502. The summed E-state index contributed by atoms with van der Waals surface area (Å²) in [6, 6.07) is 9.49. The third-order valence-corrected chi connectivity index (χ3v) is 4.57. The van der Waals surface area contributed by atoms with E-state index in [1.165, 1.54) is 11.1 Å². The first-order valence-corrected chi connectivity index (χ1v) is 8.15. The molecule has 2 aliphatic heterocycles. The van der Waals surface area contributed by atoms with E-state index in [9.17, 15) is 14.4 Å². The summed E-state index contributed by atoms with van der Waals surface area (Å²) in [4.78, 5) is 42.5. The Labute approximate surface area is 144 Å². The molecular weight excluding hydrogens is 322 g/mol. The minimum absolute atomic E-state index is 0.186. The third-order valence-electron chi connectivity index (χ3n) is 4.57. The Morgan fingerprint density at radius 2 is 1.92 bits per heavy atom. The van der Waals surface area contributed by atoms with Crippen molar-refractivity contribution >= 4 is 23.5 Å². The lowest BCUT2D eigenvalue weighted by Crippen LogP contribution is -2.43. The van der Waals surface area contributed by atoms with Gasteiger partial charge in [0.1, 0.15) is 11.7 Å². The number of benzene rings is 1. The summed E-state index contributed by atoms with van der Waals surface area (Å²) in [7, 11) is 0. The Kier molecular flexibility index (Phi) is 3.72. The van der Waals surface area contributed by atoms with E-state index in [1.54, 1.807) is 40.1 Å². The van der Waals surface area contributed by atoms with Crippen molar-refractivity contribution in [2.24, 2.45) is 0 Å². The van der Waals surface area contributed by atoms with Gasteiger partial charge < -0.3 is 9.80 Å². The van der Waals surface area contributed by atoms with Gasteiger partial charge in [0, 0.05) is 19.3 Å². The average Bonchev–Trinajstić information content (AvgIpc) is 3.16. The SMILES string of the molecule is O=C(c1ccn[nH]1)N1CCCN2C(=O)N(c3ccccc3)C(=O)C2C1. The first kappa shape index (κ1) is 15.4. The highest BCUT2D eigenvalue weighted by Gasteiger charge is 2.47. The average molecular weight is 339 g/mol. The zero-order valence-corrected chi connectivity index (χ0v) is 13.5. The van der Waals surface area contributed by atoms with Crippen LogP contribution in [0.2, 0.25) is 0 Å². The molecule has 0 aliphatic carbocycles. The smallest absolute Gasteiger partial charge is 0.332 e. The second-order valence-corrected chi connectivity index (χ2v) is 6.08. The molecule has 0 saturated carbocycles. The molecule has 2 saturated heterocycles. The monoisotopic (exact) mass is 339 g/mol. The summed E-state index contributed by atoms with van der Waals surface area (Å²) in [6.07, 6.45) is 2.14. The maximum Gasteiger partial charge on any atom is 0.332 e. The first-order valence-electron chi connectivity index (χ1n) is 8.15. The fourth-order valence-electron chi connectivity index (χ4n) is 3.34. The van der Waals surface area contributed by atoms with Crippen LogP contribution >= 0.6 is 0 Å². The number of urea groups is 1. The van der Waals surface area contributed by atoms with Gasteiger partial charge in [-0.3, -0.25) is 14.7 Å². The Balaban J connectivity index is 1.60. The van der Waals surface area contributed by atoms with E-state index in [1.807, 2.05) is 6.07 Å². The molecule has 0 spiro atoms. The van der Waals surface area contributed by atoms with Crippen LogP contribution in [0.25, 0.3) is 0 Å². The molecule has 1 aromatic heterocycles. The van der Waals surface area contributed by atoms with Gasteiger partial charge in [-0.25, -0.2) is 9.69 Å². The van der Waals surface area contributed by atoms with Crippen LogP contribution in [0.15, 0.2) is 42.6 Å². The molecule has 1 atom stereocenters. The Morgan fingerprint density at radius 3 is 2.64 bits per heavy atom. The summed E-state index contributed by atoms with van der Waals surface area (Å²) in [5, 5.41) is 6.45. The van der Waals surface area contributed by atoms with E-state index in [0.29, 0.717) is 30.9 Å². The molecule has 2 aliphatic rings. The highest BCUT2D eigenvalue weighted by Crippen LogP contribution is 2.27. The molecular formula is C17H17N5O3. The molecule has 0 bridgehead atoms. The number of fused-ring (bicyclic) bond motifs is 1. The van der Waals surface area contributed by atoms with Crippen LogP contribution in [0.5, 0.6) is 0 Å². The Bertz CT molecular complexity index is 805.